The summed E-state index contributed by atoms with van der Waals surface area (Å²) < 4.78 is 0. The number of benzene rings is 2. The normalized spacial score (nSPS) is 10.5. The summed E-state index contributed by atoms with van der Waals surface area (Å²) in [6.45, 7) is 0.449. The van der Waals surface area contributed by atoms with Gasteiger partial charge in [0, 0.05) is 23.7 Å². The van der Waals surface area contributed by atoms with E-state index in [1.54, 1.807) is 18.3 Å². The average Bonchev–Trinajstić information content (AvgIpc) is 2.53. The Hall–Kier alpha value is -2.88. The minimum absolute atomic E-state index is 0.147. The quantitative estimate of drug-likeness (QED) is 0.774. The van der Waals surface area contributed by atoms with Crippen LogP contribution in [-0.4, -0.2) is 16.0 Å². The number of carbonyl (C=O) groups is 1. The van der Waals surface area contributed by atoms with E-state index in [0.29, 0.717) is 12.1 Å². The zero-order valence-corrected chi connectivity index (χ0v) is 11.3. The molecular formula is C17H14N2O2. The Labute approximate surface area is 122 Å². The molecule has 0 unspecified atom stereocenters. The van der Waals surface area contributed by atoms with Gasteiger partial charge in [-0.2, -0.15) is 0 Å². The molecule has 1 amide bonds. The Morgan fingerprint density at radius 2 is 1.90 bits per heavy atom. The van der Waals surface area contributed by atoms with Crippen molar-refractivity contribution in [1.29, 1.82) is 0 Å². The number of fused-ring (bicyclic) bond motifs is 1. The number of carbonyl (C=O) groups excluding carboxylic acids is 1. The first-order valence-corrected chi connectivity index (χ1v) is 6.63. The van der Waals surface area contributed by atoms with Crippen LogP contribution in [0.2, 0.25) is 0 Å². The second kappa shape index (κ2) is 5.63. The maximum atomic E-state index is 12.0. The monoisotopic (exact) mass is 278 g/mol. The molecule has 0 aliphatic heterocycles. The summed E-state index contributed by atoms with van der Waals surface area (Å²) in [6, 6.07) is 16.0. The lowest BCUT2D eigenvalue weighted by Crippen LogP contribution is -2.22. The first kappa shape index (κ1) is 13.1. The number of pyridine rings is 1. The van der Waals surface area contributed by atoms with E-state index in [2.05, 4.69) is 10.3 Å². The van der Waals surface area contributed by atoms with E-state index in [1.165, 1.54) is 12.1 Å². The van der Waals surface area contributed by atoms with E-state index in [0.717, 1.165) is 16.5 Å². The SMILES string of the molecule is O=C(NCc1ccc2ncccc2c1)c1ccc(O)cc1. The van der Waals surface area contributed by atoms with Crippen molar-refractivity contribution < 1.29 is 9.90 Å². The predicted octanol–water partition coefficient (Wildman–Crippen LogP) is 2.87. The molecule has 2 aromatic carbocycles. The fraction of sp³-hybridized carbons (Fsp3) is 0.0588. The van der Waals surface area contributed by atoms with E-state index < -0.39 is 0 Å². The van der Waals surface area contributed by atoms with Crippen LogP contribution in [0.15, 0.2) is 60.8 Å². The van der Waals surface area contributed by atoms with Gasteiger partial charge in [0.2, 0.25) is 0 Å². The van der Waals surface area contributed by atoms with Crippen molar-refractivity contribution in [3.05, 3.63) is 71.9 Å². The number of aromatic nitrogens is 1. The Balaban J connectivity index is 1.71. The van der Waals surface area contributed by atoms with Crippen LogP contribution in [0.3, 0.4) is 0 Å². The molecule has 0 saturated heterocycles. The number of phenolic OH excluding ortho intramolecular Hbond substituents is 1. The highest BCUT2D eigenvalue weighted by Crippen LogP contribution is 2.14. The van der Waals surface area contributed by atoms with E-state index in [9.17, 15) is 9.90 Å². The fourth-order valence-electron chi connectivity index (χ4n) is 2.13. The Morgan fingerprint density at radius 1 is 1.10 bits per heavy atom. The van der Waals surface area contributed by atoms with Gasteiger partial charge in [-0.3, -0.25) is 9.78 Å². The molecule has 21 heavy (non-hydrogen) atoms. The standard InChI is InChI=1S/C17H14N2O2/c20-15-6-4-13(5-7-15)17(21)19-11-12-3-8-16-14(10-12)2-1-9-18-16/h1-10,20H,11H2,(H,19,21). The largest absolute Gasteiger partial charge is 0.508 e. The lowest BCUT2D eigenvalue weighted by molar-refractivity contribution is 0.0951. The van der Waals surface area contributed by atoms with Gasteiger partial charge in [0.25, 0.3) is 5.91 Å². The number of aromatic hydroxyl groups is 1. The van der Waals surface area contributed by atoms with Gasteiger partial charge < -0.3 is 10.4 Å². The minimum atomic E-state index is -0.165. The molecule has 3 aromatic rings. The van der Waals surface area contributed by atoms with Crippen LogP contribution in [-0.2, 0) is 6.54 Å². The summed E-state index contributed by atoms with van der Waals surface area (Å²) in [5, 5.41) is 13.1. The second-order valence-electron chi connectivity index (χ2n) is 4.76. The molecule has 1 heterocycles. The van der Waals surface area contributed by atoms with Crippen molar-refractivity contribution in [2.75, 3.05) is 0 Å². The molecule has 4 nitrogen and oxygen atoms in total. The van der Waals surface area contributed by atoms with Crippen LogP contribution < -0.4 is 5.32 Å². The number of rotatable bonds is 3. The van der Waals surface area contributed by atoms with Crippen LogP contribution in [0.4, 0.5) is 0 Å². The van der Waals surface area contributed by atoms with E-state index in [4.69, 9.17) is 0 Å². The molecule has 4 heteroatoms. The van der Waals surface area contributed by atoms with E-state index >= 15 is 0 Å². The van der Waals surface area contributed by atoms with Crippen molar-refractivity contribution in [3.63, 3.8) is 0 Å². The lowest BCUT2D eigenvalue weighted by Gasteiger charge is -2.06. The van der Waals surface area contributed by atoms with Crippen LogP contribution in [0.5, 0.6) is 5.75 Å². The van der Waals surface area contributed by atoms with Crippen LogP contribution >= 0.6 is 0 Å². The first-order valence-electron chi connectivity index (χ1n) is 6.63. The first-order chi connectivity index (χ1) is 10.2. The predicted molar refractivity (Wildman–Crippen MR) is 81.0 cm³/mol. The summed E-state index contributed by atoms with van der Waals surface area (Å²) in [5.74, 6) is -0.0186. The molecule has 0 aliphatic carbocycles. The smallest absolute Gasteiger partial charge is 0.251 e. The Bertz CT molecular complexity index is 782. The molecule has 104 valence electrons. The Morgan fingerprint density at radius 3 is 2.71 bits per heavy atom. The van der Waals surface area contributed by atoms with E-state index in [-0.39, 0.29) is 11.7 Å². The molecule has 0 atom stereocenters. The fourth-order valence-corrected chi connectivity index (χ4v) is 2.13. The number of amides is 1. The highest BCUT2D eigenvalue weighted by molar-refractivity contribution is 5.94. The van der Waals surface area contributed by atoms with Crippen LogP contribution in [0.1, 0.15) is 15.9 Å². The summed E-state index contributed by atoms with van der Waals surface area (Å²) in [7, 11) is 0. The summed E-state index contributed by atoms with van der Waals surface area (Å²) in [4.78, 5) is 16.3. The molecule has 0 spiro atoms. The van der Waals surface area contributed by atoms with Crippen molar-refractivity contribution in [3.8, 4) is 5.75 Å². The molecule has 0 aliphatic rings. The van der Waals surface area contributed by atoms with Crippen LogP contribution in [0.25, 0.3) is 10.9 Å². The number of hydrogen-bond acceptors (Lipinski definition) is 3. The molecule has 2 N–H and O–H groups in total. The van der Waals surface area contributed by atoms with Crippen molar-refractivity contribution in [1.82, 2.24) is 10.3 Å². The van der Waals surface area contributed by atoms with E-state index in [1.807, 2.05) is 30.3 Å². The van der Waals surface area contributed by atoms with Gasteiger partial charge in [0.1, 0.15) is 5.75 Å². The molecule has 0 fully saturated rings. The van der Waals surface area contributed by atoms with Gasteiger partial charge in [0.15, 0.2) is 0 Å². The third-order valence-electron chi connectivity index (χ3n) is 3.25. The lowest BCUT2D eigenvalue weighted by atomic mass is 10.1. The number of nitrogens with one attached hydrogen (secondary N) is 1. The highest BCUT2D eigenvalue weighted by atomic mass is 16.3. The van der Waals surface area contributed by atoms with Crippen molar-refractivity contribution >= 4 is 16.8 Å². The average molecular weight is 278 g/mol. The second-order valence-corrected chi connectivity index (χ2v) is 4.76. The number of nitrogens with zero attached hydrogens (tertiary/aromatic N) is 1. The summed E-state index contributed by atoms with van der Waals surface area (Å²) in [5.41, 5.74) is 2.48. The molecular weight excluding hydrogens is 264 g/mol. The van der Waals surface area contributed by atoms with Crippen LogP contribution in [0, 0.1) is 0 Å². The minimum Gasteiger partial charge on any atom is -0.508 e. The maximum absolute atomic E-state index is 12.0. The highest BCUT2D eigenvalue weighted by Gasteiger charge is 2.05. The zero-order valence-electron chi connectivity index (χ0n) is 11.3. The summed E-state index contributed by atoms with van der Waals surface area (Å²) >= 11 is 0. The molecule has 0 saturated carbocycles. The van der Waals surface area contributed by atoms with Gasteiger partial charge in [-0.15, -0.1) is 0 Å². The number of phenols is 1. The maximum Gasteiger partial charge on any atom is 0.251 e. The van der Waals surface area contributed by atoms with Crippen molar-refractivity contribution in [2.45, 2.75) is 6.54 Å². The molecule has 0 radical (unpaired) electrons. The van der Waals surface area contributed by atoms with Gasteiger partial charge >= 0.3 is 0 Å². The number of hydrogen-bond donors (Lipinski definition) is 2. The molecule has 0 bridgehead atoms. The third-order valence-corrected chi connectivity index (χ3v) is 3.25. The van der Waals surface area contributed by atoms with Gasteiger partial charge in [-0.05, 0) is 48.0 Å². The zero-order chi connectivity index (χ0) is 14.7. The topological polar surface area (TPSA) is 62.2 Å². The Kier molecular flexibility index (Phi) is 3.51. The van der Waals surface area contributed by atoms with Crippen molar-refractivity contribution in [2.24, 2.45) is 0 Å². The van der Waals surface area contributed by atoms with Gasteiger partial charge in [-0.25, -0.2) is 0 Å². The van der Waals surface area contributed by atoms with Gasteiger partial charge in [0.05, 0.1) is 5.52 Å². The van der Waals surface area contributed by atoms with Gasteiger partial charge in [-0.1, -0.05) is 12.1 Å². The summed E-state index contributed by atoms with van der Waals surface area (Å²) in [6.07, 6.45) is 1.76. The third kappa shape index (κ3) is 3.00. The molecule has 1 aromatic heterocycles. The molecule has 3 rings (SSSR count).